The maximum absolute atomic E-state index is 10.3. The molecule has 1 N–H and O–H groups in total. The summed E-state index contributed by atoms with van der Waals surface area (Å²) in [4.78, 5) is 11.8. The molecule has 2 nitrogen and oxygen atoms in total. The molecule has 58 valence electrons. The molecule has 0 aliphatic heterocycles. The molecule has 0 unspecified atom stereocenters. The van der Waals surface area contributed by atoms with E-state index in [1.54, 1.807) is 0 Å². The van der Waals surface area contributed by atoms with Gasteiger partial charge in [0.15, 0.2) is 0 Å². The first-order valence-electron chi connectivity index (χ1n) is 3.25. The molecular formula is C7H11BrO2. The van der Waals surface area contributed by atoms with Crippen molar-refractivity contribution in [1.29, 1.82) is 0 Å². The van der Waals surface area contributed by atoms with Crippen molar-refractivity contribution in [2.24, 2.45) is 0 Å². The van der Waals surface area contributed by atoms with Crippen molar-refractivity contribution in [2.75, 3.05) is 0 Å². The van der Waals surface area contributed by atoms with Crippen molar-refractivity contribution >= 4 is 21.9 Å². The second kappa shape index (κ2) is 5.47. The Labute approximate surface area is 69.1 Å². The summed E-state index contributed by atoms with van der Waals surface area (Å²) in [5.74, 6) is -0.828. The van der Waals surface area contributed by atoms with Crippen molar-refractivity contribution in [3.63, 3.8) is 0 Å². The van der Waals surface area contributed by atoms with E-state index < -0.39 is 5.97 Å². The molecule has 0 aliphatic rings. The van der Waals surface area contributed by atoms with Gasteiger partial charge in [0.1, 0.15) is 0 Å². The molecule has 0 fully saturated rings. The molecule has 0 radical (unpaired) electrons. The summed E-state index contributed by atoms with van der Waals surface area (Å²) in [6.45, 7) is 2.04. The maximum Gasteiger partial charge on any atom is 0.332 e. The SMILES string of the molecule is CCCC/C(=C/Br)C(=O)O. The monoisotopic (exact) mass is 206 g/mol. The Bertz CT molecular complexity index is 141. The molecule has 3 heteroatoms. The summed E-state index contributed by atoms with van der Waals surface area (Å²) in [7, 11) is 0. The largest absolute Gasteiger partial charge is 0.478 e. The second-order valence-electron chi connectivity index (χ2n) is 2.04. The number of hydrogen-bond acceptors (Lipinski definition) is 1. The molecule has 0 aromatic carbocycles. The van der Waals surface area contributed by atoms with Crippen LogP contribution in [0.2, 0.25) is 0 Å². The summed E-state index contributed by atoms with van der Waals surface area (Å²) < 4.78 is 0. The molecule has 0 aromatic heterocycles. The van der Waals surface area contributed by atoms with Gasteiger partial charge >= 0.3 is 5.97 Å². The molecule has 0 saturated heterocycles. The normalized spacial score (nSPS) is 11.6. The first-order valence-corrected chi connectivity index (χ1v) is 4.16. The second-order valence-corrected chi connectivity index (χ2v) is 2.50. The van der Waals surface area contributed by atoms with E-state index in [4.69, 9.17) is 5.11 Å². The number of carboxylic acids is 1. The number of carbonyl (C=O) groups is 1. The van der Waals surface area contributed by atoms with Gasteiger partial charge in [-0.05, 0) is 17.8 Å². The van der Waals surface area contributed by atoms with Crippen LogP contribution >= 0.6 is 15.9 Å². The average Bonchev–Trinajstić information content (AvgIpc) is 1.89. The van der Waals surface area contributed by atoms with Crippen LogP contribution in [0.4, 0.5) is 0 Å². The molecule has 0 rings (SSSR count). The van der Waals surface area contributed by atoms with Gasteiger partial charge in [-0.3, -0.25) is 0 Å². The summed E-state index contributed by atoms with van der Waals surface area (Å²) >= 11 is 3.00. The van der Waals surface area contributed by atoms with E-state index in [1.807, 2.05) is 6.92 Å². The van der Waals surface area contributed by atoms with E-state index in [0.29, 0.717) is 12.0 Å². The van der Waals surface area contributed by atoms with Crippen molar-refractivity contribution in [1.82, 2.24) is 0 Å². The average molecular weight is 207 g/mol. The number of halogens is 1. The van der Waals surface area contributed by atoms with E-state index in [1.165, 1.54) is 4.99 Å². The number of aliphatic carboxylic acids is 1. The highest BCUT2D eigenvalue weighted by molar-refractivity contribution is 9.11. The van der Waals surface area contributed by atoms with Crippen LogP contribution in [0.15, 0.2) is 10.6 Å². The number of rotatable bonds is 4. The number of unbranched alkanes of at least 4 members (excludes halogenated alkanes) is 1. The zero-order chi connectivity index (χ0) is 7.98. The highest BCUT2D eigenvalue weighted by atomic mass is 79.9. The van der Waals surface area contributed by atoms with Crippen LogP contribution < -0.4 is 0 Å². The molecule has 0 atom stereocenters. The fourth-order valence-electron chi connectivity index (χ4n) is 0.575. The fourth-order valence-corrected chi connectivity index (χ4v) is 1.00. The highest BCUT2D eigenvalue weighted by Crippen LogP contribution is 2.08. The Morgan fingerprint density at radius 2 is 2.30 bits per heavy atom. The third-order valence-corrected chi connectivity index (χ3v) is 1.76. The Balaban J connectivity index is 3.74. The van der Waals surface area contributed by atoms with Crippen LogP contribution in [0.3, 0.4) is 0 Å². The van der Waals surface area contributed by atoms with E-state index >= 15 is 0 Å². The van der Waals surface area contributed by atoms with E-state index in [2.05, 4.69) is 15.9 Å². The topological polar surface area (TPSA) is 37.3 Å². The molecule has 0 spiro atoms. The zero-order valence-electron chi connectivity index (χ0n) is 5.93. The van der Waals surface area contributed by atoms with Gasteiger partial charge in [0.2, 0.25) is 0 Å². The molecule has 0 aromatic rings. The van der Waals surface area contributed by atoms with Gasteiger partial charge in [0.25, 0.3) is 0 Å². The molecule has 0 saturated carbocycles. The van der Waals surface area contributed by atoms with Crippen LogP contribution in [0.1, 0.15) is 26.2 Å². The predicted molar refractivity (Wildman–Crippen MR) is 44.2 cm³/mol. The number of hydrogen-bond donors (Lipinski definition) is 1. The highest BCUT2D eigenvalue weighted by Gasteiger charge is 2.03. The molecule has 0 bridgehead atoms. The van der Waals surface area contributed by atoms with Gasteiger partial charge in [0.05, 0.1) is 0 Å². The van der Waals surface area contributed by atoms with Crippen molar-refractivity contribution < 1.29 is 9.90 Å². The predicted octanol–water partition coefficient (Wildman–Crippen LogP) is 2.54. The van der Waals surface area contributed by atoms with Gasteiger partial charge in [0, 0.05) is 5.57 Å². The molecule has 0 amide bonds. The van der Waals surface area contributed by atoms with E-state index in [-0.39, 0.29) is 0 Å². The smallest absolute Gasteiger partial charge is 0.332 e. The molecule has 0 heterocycles. The summed E-state index contributed by atoms with van der Waals surface area (Å²) in [6.07, 6.45) is 2.61. The van der Waals surface area contributed by atoms with E-state index in [9.17, 15) is 4.79 Å². The van der Waals surface area contributed by atoms with Crippen LogP contribution in [0.25, 0.3) is 0 Å². The minimum atomic E-state index is -0.828. The Kier molecular flexibility index (Phi) is 5.30. The zero-order valence-corrected chi connectivity index (χ0v) is 7.52. The Morgan fingerprint density at radius 3 is 2.60 bits per heavy atom. The minimum absolute atomic E-state index is 0.446. The van der Waals surface area contributed by atoms with Crippen LogP contribution in [0, 0.1) is 0 Å². The Morgan fingerprint density at radius 1 is 1.70 bits per heavy atom. The number of carboxylic acid groups (broad SMARTS) is 1. The van der Waals surface area contributed by atoms with Gasteiger partial charge in [-0.15, -0.1) is 0 Å². The standard InChI is InChI=1S/C7H11BrO2/c1-2-3-4-6(5-8)7(9)10/h5H,2-4H2,1H3,(H,9,10)/b6-5-. The van der Waals surface area contributed by atoms with Crippen molar-refractivity contribution in [3.05, 3.63) is 10.6 Å². The third kappa shape index (κ3) is 3.67. The fraction of sp³-hybridized carbons (Fsp3) is 0.571. The van der Waals surface area contributed by atoms with Crippen molar-refractivity contribution in [3.8, 4) is 0 Å². The molecule has 0 aliphatic carbocycles. The lowest BCUT2D eigenvalue weighted by molar-refractivity contribution is -0.132. The maximum atomic E-state index is 10.3. The first-order chi connectivity index (χ1) is 4.72. The van der Waals surface area contributed by atoms with Gasteiger partial charge in [-0.25, -0.2) is 4.79 Å². The lowest BCUT2D eigenvalue weighted by atomic mass is 10.1. The van der Waals surface area contributed by atoms with Gasteiger partial charge < -0.3 is 5.11 Å². The first kappa shape index (κ1) is 9.69. The van der Waals surface area contributed by atoms with Gasteiger partial charge in [-0.2, -0.15) is 0 Å². The lowest BCUT2D eigenvalue weighted by Crippen LogP contribution is -1.98. The van der Waals surface area contributed by atoms with Crippen LogP contribution in [0.5, 0.6) is 0 Å². The molecular weight excluding hydrogens is 196 g/mol. The summed E-state index contributed by atoms with van der Waals surface area (Å²) in [6, 6.07) is 0. The third-order valence-electron chi connectivity index (χ3n) is 1.21. The quantitative estimate of drug-likeness (QED) is 0.719. The summed E-state index contributed by atoms with van der Waals surface area (Å²) in [5, 5.41) is 8.50. The molecule has 10 heavy (non-hydrogen) atoms. The van der Waals surface area contributed by atoms with Crippen molar-refractivity contribution in [2.45, 2.75) is 26.2 Å². The van der Waals surface area contributed by atoms with Crippen LogP contribution in [-0.2, 0) is 4.79 Å². The minimum Gasteiger partial charge on any atom is -0.478 e. The Hall–Kier alpha value is -0.310. The van der Waals surface area contributed by atoms with Gasteiger partial charge in [-0.1, -0.05) is 29.3 Å². The summed E-state index contributed by atoms with van der Waals surface area (Å²) in [5.41, 5.74) is 0.446. The lowest BCUT2D eigenvalue weighted by Gasteiger charge is -1.96. The van der Waals surface area contributed by atoms with Crippen LogP contribution in [-0.4, -0.2) is 11.1 Å². The van der Waals surface area contributed by atoms with E-state index in [0.717, 1.165) is 12.8 Å².